The summed E-state index contributed by atoms with van der Waals surface area (Å²) in [6.45, 7) is 3.10. The molecule has 1 fully saturated rings. The quantitative estimate of drug-likeness (QED) is 0.736. The number of carbonyl (C=O) groups is 2. The van der Waals surface area contributed by atoms with Crippen molar-refractivity contribution >= 4 is 11.8 Å². The smallest absolute Gasteiger partial charge is 0.255 e. The van der Waals surface area contributed by atoms with Gasteiger partial charge in [0.2, 0.25) is 5.91 Å². The zero-order valence-corrected chi connectivity index (χ0v) is 15.8. The summed E-state index contributed by atoms with van der Waals surface area (Å²) in [6.07, 6.45) is 5.68. The molecule has 0 atom stereocenters. The predicted octanol–water partition coefficient (Wildman–Crippen LogP) is 2.56. The Bertz CT molecular complexity index is 757. The summed E-state index contributed by atoms with van der Waals surface area (Å²) in [5.41, 5.74) is 0.704. The molecule has 2 heterocycles. The van der Waals surface area contributed by atoms with Crippen molar-refractivity contribution in [2.45, 2.75) is 19.3 Å². The van der Waals surface area contributed by atoms with Crippen molar-refractivity contribution in [1.29, 1.82) is 0 Å². The lowest BCUT2D eigenvalue weighted by Crippen LogP contribution is -2.37. The van der Waals surface area contributed by atoms with Gasteiger partial charge in [-0.2, -0.15) is 0 Å². The van der Waals surface area contributed by atoms with Gasteiger partial charge in [-0.1, -0.05) is 18.2 Å². The monoisotopic (exact) mass is 369 g/mol. The molecule has 0 spiro atoms. The Morgan fingerprint density at radius 1 is 1.00 bits per heavy atom. The molecule has 0 bridgehead atoms. The fourth-order valence-corrected chi connectivity index (χ4v) is 3.27. The molecule has 1 aliphatic rings. The van der Waals surface area contributed by atoms with Crippen LogP contribution in [-0.2, 0) is 11.8 Å². The largest absolute Gasteiger partial charge is 0.494 e. The second-order valence-corrected chi connectivity index (χ2v) is 6.86. The molecule has 2 amide bonds. The fraction of sp³-hybridized carbons (Fsp3) is 0.429. The zero-order valence-electron chi connectivity index (χ0n) is 15.8. The van der Waals surface area contributed by atoms with E-state index in [1.165, 1.54) is 0 Å². The Labute approximate surface area is 160 Å². The van der Waals surface area contributed by atoms with Crippen LogP contribution in [0, 0.1) is 0 Å². The molecule has 2 aromatic rings. The molecule has 6 heteroatoms. The number of nitrogens with zero attached hydrogens (tertiary/aromatic N) is 3. The number of hydrogen-bond donors (Lipinski definition) is 0. The van der Waals surface area contributed by atoms with Crippen LogP contribution in [0.3, 0.4) is 0 Å². The Balaban J connectivity index is 1.42. The molecule has 0 N–H and O–H groups in total. The van der Waals surface area contributed by atoms with E-state index < -0.39 is 0 Å². The maximum atomic E-state index is 12.6. The summed E-state index contributed by atoms with van der Waals surface area (Å²) in [5.74, 6) is 1.01. The molecule has 0 unspecified atom stereocenters. The standard InChI is InChI=1S/C21H27N3O3/c1-22-13-10-18(17-22)21(26)24-12-6-11-23(14-15-24)20(25)9-5-16-27-19-7-3-2-4-8-19/h2-4,7-8,10,13,17H,5-6,9,11-12,14-16H2,1H3. The number of hydrogen-bond acceptors (Lipinski definition) is 3. The van der Waals surface area contributed by atoms with E-state index in [4.69, 9.17) is 4.74 Å². The average Bonchev–Trinajstić information content (AvgIpc) is 2.97. The molecule has 0 aliphatic carbocycles. The molecule has 3 rings (SSSR count). The second-order valence-electron chi connectivity index (χ2n) is 6.86. The van der Waals surface area contributed by atoms with Crippen molar-refractivity contribution in [3.8, 4) is 5.75 Å². The van der Waals surface area contributed by atoms with Crippen molar-refractivity contribution in [3.63, 3.8) is 0 Å². The van der Waals surface area contributed by atoms with Crippen molar-refractivity contribution < 1.29 is 14.3 Å². The first-order valence-corrected chi connectivity index (χ1v) is 9.50. The molecule has 6 nitrogen and oxygen atoms in total. The number of para-hydroxylation sites is 1. The number of ether oxygens (including phenoxy) is 1. The summed E-state index contributed by atoms with van der Waals surface area (Å²) >= 11 is 0. The molecular weight excluding hydrogens is 342 g/mol. The average molecular weight is 369 g/mol. The summed E-state index contributed by atoms with van der Waals surface area (Å²) in [6, 6.07) is 11.5. The first-order valence-electron chi connectivity index (χ1n) is 9.50. The van der Waals surface area contributed by atoms with Gasteiger partial charge in [0.25, 0.3) is 5.91 Å². The van der Waals surface area contributed by atoms with Crippen molar-refractivity contribution in [2.75, 3.05) is 32.8 Å². The third-order valence-corrected chi connectivity index (χ3v) is 4.76. The van der Waals surface area contributed by atoms with Gasteiger partial charge in [-0.3, -0.25) is 9.59 Å². The number of aromatic nitrogens is 1. The van der Waals surface area contributed by atoms with Crippen LogP contribution >= 0.6 is 0 Å². The maximum Gasteiger partial charge on any atom is 0.255 e. The molecule has 1 saturated heterocycles. The van der Waals surface area contributed by atoms with Crippen molar-refractivity contribution in [2.24, 2.45) is 7.05 Å². The van der Waals surface area contributed by atoms with E-state index >= 15 is 0 Å². The minimum absolute atomic E-state index is 0.0427. The number of benzene rings is 1. The van der Waals surface area contributed by atoms with Crippen molar-refractivity contribution in [3.05, 3.63) is 54.4 Å². The summed E-state index contributed by atoms with van der Waals surface area (Å²) in [5, 5.41) is 0. The van der Waals surface area contributed by atoms with E-state index in [1.54, 1.807) is 0 Å². The predicted molar refractivity (Wildman–Crippen MR) is 104 cm³/mol. The first-order chi connectivity index (χ1) is 13.1. The van der Waals surface area contributed by atoms with E-state index in [1.807, 2.05) is 70.2 Å². The van der Waals surface area contributed by atoms with E-state index in [9.17, 15) is 9.59 Å². The van der Waals surface area contributed by atoms with E-state index in [0.717, 1.165) is 12.2 Å². The van der Waals surface area contributed by atoms with Gasteiger partial charge in [0.1, 0.15) is 5.75 Å². The van der Waals surface area contributed by atoms with Crippen molar-refractivity contribution in [1.82, 2.24) is 14.4 Å². The van der Waals surface area contributed by atoms with Gasteiger partial charge in [-0.15, -0.1) is 0 Å². The Kier molecular flexibility index (Phi) is 6.52. The minimum atomic E-state index is 0.0427. The highest BCUT2D eigenvalue weighted by Crippen LogP contribution is 2.12. The number of carbonyl (C=O) groups excluding carboxylic acids is 2. The first kappa shape index (κ1) is 19.0. The van der Waals surface area contributed by atoms with Crippen LogP contribution in [0.1, 0.15) is 29.6 Å². The van der Waals surface area contributed by atoms with Gasteiger partial charge < -0.3 is 19.1 Å². The van der Waals surface area contributed by atoms with Gasteiger partial charge >= 0.3 is 0 Å². The lowest BCUT2D eigenvalue weighted by Gasteiger charge is -2.22. The van der Waals surface area contributed by atoms with Crippen LogP contribution in [0.25, 0.3) is 0 Å². The zero-order chi connectivity index (χ0) is 19.1. The number of aryl methyl sites for hydroxylation is 1. The van der Waals surface area contributed by atoms with Crippen LogP contribution in [0.5, 0.6) is 5.75 Å². The SMILES string of the molecule is Cn1ccc(C(=O)N2CCCN(C(=O)CCCOc3ccccc3)CC2)c1. The molecule has 1 aliphatic heterocycles. The molecule has 0 radical (unpaired) electrons. The fourth-order valence-electron chi connectivity index (χ4n) is 3.27. The Morgan fingerprint density at radius 2 is 1.74 bits per heavy atom. The van der Waals surface area contributed by atoms with Gasteiger partial charge in [-0.05, 0) is 31.0 Å². The van der Waals surface area contributed by atoms with Gasteiger partial charge in [-0.25, -0.2) is 0 Å². The molecule has 0 saturated carbocycles. The highest BCUT2D eigenvalue weighted by molar-refractivity contribution is 5.94. The minimum Gasteiger partial charge on any atom is -0.494 e. The maximum absolute atomic E-state index is 12.6. The lowest BCUT2D eigenvalue weighted by atomic mass is 10.2. The normalized spacial score (nSPS) is 14.7. The molecule has 27 heavy (non-hydrogen) atoms. The van der Waals surface area contributed by atoms with Gasteiger partial charge in [0, 0.05) is 52.0 Å². The third-order valence-electron chi connectivity index (χ3n) is 4.76. The lowest BCUT2D eigenvalue weighted by molar-refractivity contribution is -0.131. The Morgan fingerprint density at radius 3 is 2.48 bits per heavy atom. The second kappa shape index (κ2) is 9.26. The molecule has 144 valence electrons. The van der Waals surface area contributed by atoms with E-state index in [2.05, 4.69) is 0 Å². The Hall–Kier alpha value is -2.76. The highest BCUT2D eigenvalue weighted by atomic mass is 16.5. The molecule has 1 aromatic carbocycles. The van der Waals surface area contributed by atoms with Crippen LogP contribution in [0.15, 0.2) is 48.8 Å². The van der Waals surface area contributed by atoms with E-state index in [-0.39, 0.29) is 11.8 Å². The summed E-state index contributed by atoms with van der Waals surface area (Å²) < 4.78 is 7.52. The number of amides is 2. The van der Waals surface area contributed by atoms with Gasteiger partial charge in [0.15, 0.2) is 0 Å². The van der Waals surface area contributed by atoms with Crippen LogP contribution < -0.4 is 4.74 Å². The summed E-state index contributed by atoms with van der Waals surface area (Å²) in [7, 11) is 1.90. The number of rotatable bonds is 6. The third kappa shape index (κ3) is 5.36. The van der Waals surface area contributed by atoms with E-state index in [0.29, 0.717) is 51.2 Å². The molecular formula is C21H27N3O3. The summed E-state index contributed by atoms with van der Waals surface area (Å²) in [4.78, 5) is 28.8. The topological polar surface area (TPSA) is 54.8 Å². The van der Waals surface area contributed by atoms with Crippen LogP contribution in [0.2, 0.25) is 0 Å². The molecule has 1 aromatic heterocycles. The highest BCUT2D eigenvalue weighted by Gasteiger charge is 2.22. The van der Waals surface area contributed by atoms with Gasteiger partial charge in [0.05, 0.1) is 12.2 Å². The van der Waals surface area contributed by atoms with Crippen LogP contribution in [-0.4, -0.2) is 59.0 Å². The van der Waals surface area contributed by atoms with Crippen LogP contribution in [0.4, 0.5) is 0 Å².